The molecule has 2 N–H and O–H groups in total. The molecule has 0 amide bonds. The molecule has 0 aliphatic carbocycles. The lowest BCUT2D eigenvalue weighted by atomic mass is 10.0. The molecule has 1 aliphatic heterocycles. The van der Waals surface area contributed by atoms with Crippen LogP contribution in [0, 0.1) is 0 Å². The Balaban J connectivity index is 1.50. The smallest absolute Gasteiger partial charge is 0.307 e. The number of aryl methyl sites for hydroxylation is 1. The Hall–Kier alpha value is -3.22. The summed E-state index contributed by atoms with van der Waals surface area (Å²) in [6.45, 7) is 4.32. The molecule has 3 rings (SSSR count). The first kappa shape index (κ1) is 23.4. The van der Waals surface area contributed by atoms with Crippen molar-refractivity contribution in [1.29, 1.82) is 0 Å². The van der Waals surface area contributed by atoms with E-state index < -0.39 is 5.97 Å². The lowest BCUT2D eigenvalue weighted by Crippen LogP contribution is -2.25. The molecule has 0 saturated carbocycles. The number of hydrogen-bond acceptors (Lipinski definition) is 6. The van der Waals surface area contributed by atoms with Crippen molar-refractivity contribution >= 4 is 11.8 Å². The van der Waals surface area contributed by atoms with E-state index >= 15 is 0 Å². The molecular formula is C25H30O7. The van der Waals surface area contributed by atoms with Crippen LogP contribution in [0.3, 0.4) is 0 Å². The highest BCUT2D eigenvalue weighted by Crippen LogP contribution is 2.34. The summed E-state index contributed by atoms with van der Waals surface area (Å²) in [5.41, 5.74) is 2.00. The molecule has 172 valence electrons. The number of carboxylic acids is 1. The highest BCUT2D eigenvalue weighted by Gasteiger charge is 2.22. The van der Waals surface area contributed by atoms with Crippen LogP contribution in [-0.2, 0) is 17.6 Å². The molecule has 0 bridgehead atoms. The summed E-state index contributed by atoms with van der Waals surface area (Å²) in [5.74, 6) is 1.03. The van der Waals surface area contributed by atoms with Gasteiger partial charge in [-0.2, -0.15) is 0 Å². The van der Waals surface area contributed by atoms with Crippen LogP contribution in [0.25, 0.3) is 0 Å². The number of rotatable bonds is 11. The first-order chi connectivity index (χ1) is 15.4. The van der Waals surface area contributed by atoms with Gasteiger partial charge in [0.25, 0.3) is 0 Å². The van der Waals surface area contributed by atoms with Crippen molar-refractivity contribution < 1.29 is 34.0 Å². The lowest BCUT2D eigenvalue weighted by molar-refractivity contribution is -0.139. The Morgan fingerprint density at radius 2 is 1.94 bits per heavy atom. The second kappa shape index (κ2) is 10.9. The second-order valence-corrected chi connectivity index (χ2v) is 7.94. The standard InChI is InChI=1S/C25H30O7/c1-3-5-21-23(11-9-20(16(2)26)25(21)29)31-13-4-12-30-18-8-10-22-17(14-18)6-7-19(32-22)15-24(27)28/h8-11,14,19,29H,3-7,12-13,15H2,1-2H3,(H,27,28). The Labute approximate surface area is 187 Å². The van der Waals surface area contributed by atoms with Gasteiger partial charge >= 0.3 is 5.97 Å². The number of aromatic hydroxyl groups is 1. The number of carbonyl (C=O) groups excluding carboxylic acids is 1. The van der Waals surface area contributed by atoms with Crippen molar-refractivity contribution in [3.05, 3.63) is 47.0 Å². The number of aliphatic carboxylic acids is 1. The van der Waals surface area contributed by atoms with Gasteiger partial charge < -0.3 is 24.4 Å². The van der Waals surface area contributed by atoms with E-state index in [-0.39, 0.29) is 24.1 Å². The second-order valence-electron chi connectivity index (χ2n) is 7.94. The quantitative estimate of drug-likeness (QED) is 0.388. The molecule has 2 aromatic carbocycles. The zero-order chi connectivity index (χ0) is 23.1. The summed E-state index contributed by atoms with van der Waals surface area (Å²) in [7, 11) is 0. The van der Waals surface area contributed by atoms with Crippen LogP contribution >= 0.6 is 0 Å². The summed E-state index contributed by atoms with van der Waals surface area (Å²) in [6, 6.07) is 8.92. The number of carbonyl (C=O) groups is 2. The van der Waals surface area contributed by atoms with Gasteiger partial charge in [0.1, 0.15) is 29.1 Å². The maximum Gasteiger partial charge on any atom is 0.307 e. The van der Waals surface area contributed by atoms with Gasteiger partial charge in [0.15, 0.2) is 5.78 Å². The largest absolute Gasteiger partial charge is 0.507 e. The van der Waals surface area contributed by atoms with E-state index in [0.717, 1.165) is 29.9 Å². The Kier molecular flexibility index (Phi) is 7.98. The van der Waals surface area contributed by atoms with Crippen molar-refractivity contribution in [1.82, 2.24) is 0 Å². The fraction of sp³-hybridized carbons (Fsp3) is 0.440. The molecule has 0 saturated heterocycles. The maximum absolute atomic E-state index is 11.7. The highest BCUT2D eigenvalue weighted by molar-refractivity contribution is 5.97. The van der Waals surface area contributed by atoms with Gasteiger partial charge in [-0.1, -0.05) is 13.3 Å². The Bertz CT molecular complexity index is 967. The van der Waals surface area contributed by atoms with Crippen LogP contribution in [0.2, 0.25) is 0 Å². The van der Waals surface area contributed by atoms with Crippen molar-refractivity contribution in [2.45, 2.75) is 58.5 Å². The zero-order valence-electron chi connectivity index (χ0n) is 18.6. The van der Waals surface area contributed by atoms with E-state index in [4.69, 9.17) is 19.3 Å². The van der Waals surface area contributed by atoms with Crippen LogP contribution in [-0.4, -0.2) is 41.3 Å². The fourth-order valence-electron chi connectivity index (χ4n) is 3.81. The molecule has 7 heteroatoms. The van der Waals surface area contributed by atoms with Gasteiger partial charge in [-0.05, 0) is 62.1 Å². The van der Waals surface area contributed by atoms with Crippen LogP contribution < -0.4 is 14.2 Å². The third-order valence-corrected chi connectivity index (χ3v) is 5.40. The van der Waals surface area contributed by atoms with Crippen LogP contribution in [0.5, 0.6) is 23.0 Å². The molecular weight excluding hydrogens is 412 g/mol. The summed E-state index contributed by atoms with van der Waals surface area (Å²) >= 11 is 0. The summed E-state index contributed by atoms with van der Waals surface area (Å²) in [4.78, 5) is 22.5. The van der Waals surface area contributed by atoms with Crippen molar-refractivity contribution in [3.8, 4) is 23.0 Å². The Morgan fingerprint density at radius 1 is 1.16 bits per heavy atom. The van der Waals surface area contributed by atoms with Gasteiger partial charge in [0, 0.05) is 12.0 Å². The third kappa shape index (κ3) is 5.93. The number of Topliss-reactive ketones (excluding diaryl/α,β-unsaturated/α-hetero) is 1. The number of carboxylic acid groups (broad SMARTS) is 1. The Morgan fingerprint density at radius 3 is 2.66 bits per heavy atom. The number of ether oxygens (including phenoxy) is 3. The number of phenols is 1. The summed E-state index contributed by atoms with van der Waals surface area (Å²) in [6.07, 6.45) is 3.25. The average Bonchev–Trinajstić information content (AvgIpc) is 2.75. The average molecular weight is 443 g/mol. The van der Waals surface area contributed by atoms with Gasteiger partial charge in [0.05, 0.1) is 25.2 Å². The van der Waals surface area contributed by atoms with Crippen molar-refractivity contribution in [2.75, 3.05) is 13.2 Å². The van der Waals surface area contributed by atoms with Crippen LogP contribution in [0.1, 0.15) is 61.0 Å². The molecule has 0 aromatic heterocycles. The van der Waals surface area contributed by atoms with Crippen LogP contribution in [0.4, 0.5) is 0 Å². The summed E-state index contributed by atoms with van der Waals surface area (Å²) < 4.78 is 17.4. The highest BCUT2D eigenvalue weighted by atomic mass is 16.5. The number of ketones is 1. The molecule has 0 spiro atoms. The maximum atomic E-state index is 11.7. The van der Waals surface area contributed by atoms with Gasteiger partial charge in [0.2, 0.25) is 0 Å². The molecule has 7 nitrogen and oxygen atoms in total. The zero-order valence-corrected chi connectivity index (χ0v) is 18.6. The van der Waals surface area contributed by atoms with Gasteiger partial charge in [-0.3, -0.25) is 9.59 Å². The summed E-state index contributed by atoms with van der Waals surface area (Å²) in [5, 5.41) is 19.3. The number of hydrogen-bond donors (Lipinski definition) is 2. The molecule has 1 unspecified atom stereocenters. The molecule has 1 aliphatic rings. The van der Waals surface area contributed by atoms with E-state index in [1.165, 1.54) is 6.92 Å². The molecule has 0 fully saturated rings. The van der Waals surface area contributed by atoms with Gasteiger partial charge in [-0.15, -0.1) is 0 Å². The molecule has 2 aromatic rings. The topological polar surface area (TPSA) is 102 Å². The molecule has 1 heterocycles. The van der Waals surface area contributed by atoms with E-state index in [9.17, 15) is 14.7 Å². The van der Waals surface area contributed by atoms with E-state index in [0.29, 0.717) is 49.4 Å². The first-order valence-electron chi connectivity index (χ1n) is 11.0. The fourth-order valence-corrected chi connectivity index (χ4v) is 3.81. The predicted molar refractivity (Wildman–Crippen MR) is 119 cm³/mol. The first-order valence-corrected chi connectivity index (χ1v) is 11.0. The lowest BCUT2D eigenvalue weighted by Gasteiger charge is -2.25. The van der Waals surface area contributed by atoms with Crippen molar-refractivity contribution in [3.63, 3.8) is 0 Å². The molecule has 0 radical (unpaired) electrons. The van der Waals surface area contributed by atoms with Crippen molar-refractivity contribution in [2.24, 2.45) is 0 Å². The van der Waals surface area contributed by atoms with E-state index in [2.05, 4.69) is 0 Å². The SMILES string of the molecule is CCCc1c(OCCCOc2ccc3c(c2)CCC(CC(=O)O)O3)ccc(C(C)=O)c1O. The normalized spacial score (nSPS) is 14.9. The van der Waals surface area contributed by atoms with E-state index in [1.807, 2.05) is 25.1 Å². The minimum atomic E-state index is -0.854. The number of fused-ring (bicyclic) bond motifs is 1. The third-order valence-electron chi connectivity index (χ3n) is 5.40. The number of benzene rings is 2. The monoisotopic (exact) mass is 442 g/mol. The van der Waals surface area contributed by atoms with Crippen LogP contribution in [0.15, 0.2) is 30.3 Å². The minimum Gasteiger partial charge on any atom is -0.507 e. The number of phenolic OH excluding ortho intramolecular Hbond substituents is 1. The van der Waals surface area contributed by atoms with E-state index in [1.54, 1.807) is 12.1 Å². The minimum absolute atomic E-state index is 0.00686. The molecule has 1 atom stereocenters. The predicted octanol–water partition coefficient (Wildman–Crippen LogP) is 4.56. The molecule has 32 heavy (non-hydrogen) atoms. The van der Waals surface area contributed by atoms with Gasteiger partial charge in [-0.25, -0.2) is 0 Å².